The Morgan fingerprint density at radius 3 is 2.08 bits per heavy atom. The van der Waals surface area contributed by atoms with E-state index in [0.29, 0.717) is 6.42 Å². The first-order valence-electron chi connectivity index (χ1n) is 12.6. The van der Waals surface area contributed by atoms with Gasteiger partial charge in [-0.3, -0.25) is 13.9 Å². The van der Waals surface area contributed by atoms with Crippen LogP contribution in [0.2, 0.25) is 5.02 Å². The molecule has 202 valence electrons. The number of anilines is 1. The molecule has 0 fully saturated rings. The van der Waals surface area contributed by atoms with Gasteiger partial charge in [0.25, 0.3) is 10.0 Å². The highest BCUT2D eigenvalue weighted by Crippen LogP contribution is 2.30. The Balaban J connectivity index is 1.97. The van der Waals surface area contributed by atoms with Gasteiger partial charge in [-0.1, -0.05) is 79.2 Å². The summed E-state index contributed by atoms with van der Waals surface area (Å²) in [5.74, 6) is -0.803. The Bertz CT molecular complexity index is 1320. The molecule has 0 aliphatic rings. The second-order valence-electron chi connectivity index (χ2n) is 9.09. The maximum Gasteiger partial charge on any atom is 0.264 e. The van der Waals surface area contributed by atoms with E-state index in [1.807, 2.05) is 44.2 Å². The molecule has 0 aromatic heterocycles. The van der Waals surface area contributed by atoms with Gasteiger partial charge in [-0.15, -0.1) is 0 Å². The van der Waals surface area contributed by atoms with Gasteiger partial charge in [-0.25, -0.2) is 8.42 Å². The zero-order valence-corrected chi connectivity index (χ0v) is 23.5. The van der Waals surface area contributed by atoms with Gasteiger partial charge in [0.1, 0.15) is 12.6 Å². The van der Waals surface area contributed by atoms with Crippen molar-refractivity contribution in [3.63, 3.8) is 0 Å². The largest absolute Gasteiger partial charge is 0.352 e. The van der Waals surface area contributed by atoms with Crippen molar-refractivity contribution >= 4 is 39.1 Å². The van der Waals surface area contributed by atoms with Crippen LogP contribution in [0.5, 0.6) is 0 Å². The van der Waals surface area contributed by atoms with Gasteiger partial charge < -0.3 is 10.2 Å². The third-order valence-corrected chi connectivity index (χ3v) is 8.48. The molecule has 0 saturated heterocycles. The summed E-state index contributed by atoms with van der Waals surface area (Å²) < 4.78 is 28.5. The quantitative estimate of drug-likeness (QED) is 0.344. The third kappa shape index (κ3) is 7.36. The molecule has 3 aromatic carbocycles. The fourth-order valence-corrected chi connectivity index (χ4v) is 5.66. The first-order valence-corrected chi connectivity index (χ1v) is 14.4. The molecule has 0 bridgehead atoms. The first kappa shape index (κ1) is 29.2. The average Bonchev–Trinajstić information content (AvgIpc) is 2.93. The van der Waals surface area contributed by atoms with Crippen LogP contribution in [0, 0.1) is 0 Å². The van der Waals surface area contributed by atoms with E-state index in [-0.39, 0.29) is 34.1 Å². The van der Waals surface area contributed by atoms with Gasteiger partial charge >= 0.3 is 0 Å². The summed E-state index contributed by atoms with van der Waals surface area (Å²) in [5.41, 5.74) is 1.19. The number of carbonyl (C=O) groups is 2. The number of hydrogen-bond donors (Lipinski definition) is 1. The molecule has 0 heterocycles. The smallest absolute Gasteiger partial charge is 0.264 e. The number of nitrogens with zero attached hydrogens (tertiary/aromatic N) is 2. The number of nitrogens with one attached hydrogen (secondary N) is 1. The van der Waals surface area contributed by atoms with Crippen LogP contribution in [-0.4, -0.2) is 50.3 Å². The van der Waals surface area contributed by atoms with E-state index < -0.39 is 28.5 Å². The molecule has 3 aromatic rings. The van der Waals surface area contributed by atoms with Crippen molar-refractivity contribution in [2.24, 2.45) is 0 Å². The standard InChI is InChI=1S/C29H34ClN3O4S/c1-4-22(2)31-29(35)23(3)32(20-19-24-13-7-5-8-14-24)28(34)21-33(27-18-12-11-17-26(27)30)38(36,37)25-15-9-6-10-16-25/h5-18,22-23H,4,19-21H2,1-3H3,(H,31,35)/t22-,23+/m0/s1. The van der Waals surface area contributed by atoms with E-state index in [2.05, 4.69) is 5.32 Å². The number of benzene rings is 3. The molecule has 0 aliphatic carbocycles. The monoisotopic (exact) mass is 555 g/mol. The number of amides is 2. The van der Waals surface area contributed by atoms with Crippen LogP contribution in [0.15, 0.2) is 89.8 Å². The zero-order valence-electron chi connectivity index (χ0n) is 21.9. The number of sulfonamides is 1. The zero-order chi connectivity index (χ0) is 27.7. The Kier molecular flexibility index (Phi) is 10.3. The molecule has 7 nitrogen and oxygen atoms in total. The summed E-state index contributed by atoms with van der Waals surface area (Å²) in [6, 6.07) is 23.1. The van der Waals surface area contributed by atoms with E-state index in [1.165, 1.54) is 17.0 Å². The molecule has 0 unspecified atom stereocenters. The van der Waals surface area contributed by atoms with E-state index >= 15 is 0 Å². The Morgan fingerprint density at radius 1 is 0.895 bits per heavy atom. The molecule has 1 N–H and O–H groups in total. The van der Waals surface area contributed by atoms with E-state index in [1.54, 1.807) is 49.4 Å². The van der Waals surface area contributed by atoms with Gasteiger partial charge in [-0.2, -0.15) is 0 Å². The number of rotatable bonds is 12. The minimum atomic E-state index is -4.14. The van der Waals surface area contributed by atoms with Gasteiger partial charge in [-0.05, 0) is 56.5 Å². The van der Waals surface area contributed by atoms with Crippen molar-refractivity contribution in [1.29, 1.82) is 0 Å². The summed E-state index contributed by atoms with van der Waals surface area (Å²) >= 11 is 6.41. The summed E-state index contributed by atoms with van der Waals surface area (Å²) in [6.07, 6.45) is 1.25. The van der Waals surface area contributed by atoms with E-state index in [4.69, 9.17) is 11.6 Å². The second-order valence-corrected chi connectivity index (χ2v) is 11.4. The lowest BCUT2D eigenvalue weighted by Crippen LogP contribution is -2.53. The average molecular weight is 556 g/mol. The fraction of sp³-hybridized carbons (Fsp3) is 0.310. The van der Waals surface area contributed by atoms with Crippen molar-refractivity contribution in [3.05, 3.63) is 95.5 Å². The number of para-hydroxylation sites is 1. The van der Waals surface area contributed by atoms with Crippen molar-refractivity contribution in [2.75, 3.05) is 17.4 Å². The minimum Gasteiger partial charge on any atom is -0.352 e. The van der Waals surface area contributed by atoms with Crippen molar-refractivity contribution in [3.8, 4) is 0 Å². The van der Waals surface area contributed by atoms with Crippen molar-refractivity contribution in [1.82, 2.24) is 10.2 Å². The SMILES string of the molecule is CC[C@H](C)NC(=O)[C@@H](C)N(CCc1ccccc1)C(=O)CN(c1ccccc1Cl)S(=O)(=O)c1ccccc1. The van der Waals surface area contributed by atoms with Gasteiger partial charge in [0, 0.05) is 12.6 Å². The van der Waals surface area contributed by atoms with Crippen LogP contribution in [0.3, 0.4) is 0 Å². The molecule has 0 saturated carbocycles. The topological polar surface area (TPSA) is 86.8 Å². The molecule has 0 spiro atoms. The highest BCUT2D eigenvalue weighted by molar-refractivity contribution is 7.92. The normalized spacial score (nSPS) is 12.8. The summed E-state index contributed by atoms with van der Waals surface area (Å²) in [6.45, 7) is 5.23. The van der Waals surface area contributed by atoms with E-state index in [0.717, 1.165) is 16.3 Å². The van der Waals surface area contributed by atoms with Crippen LogP contribution in [0.25, 0.3) is 0 Å². The molecule has 0 aliphatic heterocycles. The molecule has 2 atom stereocenters. The highest BCUT2D eigenvalue weighted by atomic mass is 35.5. The summed E-state index contributed by atoms with van der Waals surface area (Å²) in [7, 11) is -4.14. The maximum atomic E-state index is 13.8. The lowest BCUT2D eigenvalue weighted by atomic mass is 10.1. The van der Waals surface area contributed by atoms with Crippen LogP contribution in [0.1, 0.15) is 32.8 Å². The van der Waals surface area contributed by atoms with Crippen LogP contribution < -0.4 is 9.62 Å². The molecular formula is C29H34ClN3O4S. The number of halogens is 1. The maximum absolute atomic E-state index is 13.8. The Hall–Kier alpha value is -3.36. The van der Waals surface area contributed by atoms with E-state index in [9.17, 15) is 18.0 Å². The number of carbonyl (C=O) groups excluding carboxylic acids is 2. The van der Waals surface area contributed by atoms with Gasteiger partial charge in [0.05, 0.1) is 15.6 Å². The molecule has 38 heavy (non-hydrogen) atoms. The lowest BCUT2D eigenvalue weighted by molar-refractivity contribution is -0.139. The Labute approximate surface area is 230 Å². The van der Waals surface area contributed by atoms with Crippen LogP contribution >= 0.6 is 11.6 Å². The summed E-state index contributed by atoms with van der Waals surface area (Å²) in [4.78, 5) is 28.3. The summed E-state index contributed by atoms with van der Waals surface area (Å²) in [5, 5.41) is 3.12. The first-order chi connectivity index (χ1) is 18.1. The molecule has 0 radical (unpaired) electrons. The van der Waals surface area contributed by atoms with Crippen LogP contribution in [0.4, 0.5) is 5.69 Å². The fourth-order valence-electron chi connectivity index (χ4n) is 3.92. The molecule has 9 heteroatoms. The second kappa shape index (κ2) is 13.4. The van der Waals surface area contributed by atoms with Crippen molar-refractivity contribution < 1.29 is 18.0 Å². The number of hydrogen-bond acceptors (Lipinski definition) is 4. The molecule has 3 rings (SSSR count). The minimum absolute atomic E-state index is 0.0334. The van der Waals surface area contributed by atoms with Gasteiger partial charge in [0.2, 0.25) is 11.8 Å². The predicted molar refractivity (Wildman–Crippen MR) is 152 cm³/mol. The third-order valence-electron chi connectivity index (χ3n) is 6.38. The molecular weight excluding hydrogens is 522 g/mol. The van der Waals surface area contributed by atoms with Crippen LogP contribution in [-0.2, 0) is 26.0 Å². The lowest BCUT2D eigenvalue weighted by Gasteiger charge is -2.32. The Morgan fingerprint density at radius 2 is 1.47 bits per heavy atom. The van der Waals surface area contributed by atoms with Gasteiger partial charge in [0.15, 0.2) is 0 Å². The highest BCUT2D eigenvalue weighted by Gasteiger charge is 2.33. The molecule has 2 amide bonds. The van der Waals surface area contributed by atoms with Crippen molar-refractivity contribution in [2.45, 2.75) is 50.6 Å². The predicted octanol–water partition coefficient (Wildman–Crippen LogP) is 4.91.